The highest BCUT2D eigenvalue weighted by Gasteiger charge is 2.01. The van der Waals surface area contributed by atoms with Crippen molar-refractivity contribution in [2.75, 3.05) is 5.32 Å². The molecule has 94 valence electrons. The summed E-state index contributed by atoms with van der Waals surface area (Å²) in [5, 5.41) is 13.4. The zero-order valence-corrected chi connectivity index (χ0v) is 11.2. The topological polar surface area (TPSA) is 32.3 Å². The molecule has 0 atom stereocenters. The number of benzene rings is 2. The van der Waals surface area contributed by atoms with Gasteiger partial charge in [-0.3, -0.25) is 0 Å². The molecule has 0 aromatic heterocycles. The quantitative estimate of drug-likeness (QED) is 0.885. The fourth-order valence-corrected chi connectivity index (χ4v) is 2.07. The third kappa shape index (κ3) is 3.39. The minimum Gasteiger partial charge on any atom is -0.392 e. The molecular formula is C14H13Cl2NO. The Kier molecular flexibility index (Phi) is 4.48. The second-order valence-electron chi connectivity index (χ2n) is 3.95. The molecule has 0 aliphatic heterocycles. The summed E-state index contributed by atoms with van der Waals surface area (Å²) in [4.78, 5) is 0. The maximum Gasteiger partial charge on any atom is 0.0681 e. The normalized spacial score (nSPS) is 10.4. The first-order chi connectivity index (χ1) is 8.69. The molecule has 0 aliphatic carbocycles. The van der Waals surface area contributed by atoms with Crippen LogP contribution in [-0.4, -0.2) is 5.11 Å². The highest BCUT2D eigenvalue weighted by atomic mass is 35.5. The second-order valence-corrected chi connectivity index (χ2v) is 4.80. The van der Waals surface area contributed by atoms with Crippen LogP contribution in [0, 0.1) is 0 Å². The molecule has 0 saturated carbocycles. The van der Waals surface area contributed by atoms with Crippen molar-refractivity contribution >= 4 is 28.9 Å². The molecule has 0 heterocycles. The van der Waals surface area contributed by atoms with Crippen LogP contribution in [0.4, 0.5) is 5.69 Å². The summed E-state index contributed by atoms with van der Waals surface area (Å²) in [6, 6.07) is 13.1. The number of aliphatic hydroxyl groups is 1. The lowest BCUT2D eigenvalue weighted by Crippen LogP contribution is -2.00. The highest BCUT2D eigenvalue weighted by Crippen LogP contribution is 2.25. The predicted molar refractivity (Wildman–Crippen MR) is 76.2 cm³/mol. The Bertz CT molecular complexity index is 526. The molecule has 0 unspecified atom stereocenters. The summed E-state index contributed by atoms with van der Waals surface area (Å²) >= 11 is 11.9. The van der Waals surface area contributed by atoms with Gasteiger partial charge in [-0.1, -0.05) is 47.5 Å². The smallest absolute Gasteiger partial charge is 0.0681 e. The third-order valence-corrected chi connectivity index (χ3v) is 3.17. The number of hydrogen-bond acceptors (Lipinski definition) is 2. The van der Waals surface area contributed by atoms with Crippen LogP contribution < -0.4 is 5.32 Å². The number of rotatable bonds is 4. The molecule has 0 saturated heterocycles. The Morgan fingerprint density at radius 3 is 2.22 bits per heavy atom. The van der Waals surface area contributed by atoms with Crippen molar-refractivity contribution in [3.05, 3.63) is 63.6 Å². The molecule has 2 aromatic rings. The van der Waals surface area contributed by atoms with E-state index in [0.717, 1.165) is 16.8 Å². The molecule has 0 bridgehead atoms. The zero-order chi connectivity index (χ0) is 13.0. The van der Waals surface area contributed by atoms with E-state index in [1.807, 2.05) is 30.3 Å². The molecule has 0 radical (unpaired) electrons. The van der Waals surface area contributed by atoms with Crippen LogP contribution >= 0.6 is 23.2 Å². The standard InChI is InChI=1S/C14H13Cl2NO/c15-12-5-6-14(13(16)7-12)17-8-10-1-3-11(9-18)4-2-10/h1-7,17-18H,8-9H2. The van der Waals surface area contributed by atoms with Crippen LogP contribution in [0.15, 0.2) is 42.5 Å². The van der Waals surface area contributed by atoms with Gasteiger partial charge < -0.3 is 10.4 Å². The van der Waals surface area contributed by atoms with Crippen molar-refractivity contribution in [2.45, 2.75) is 13.2 Å². The Morgan fingerprint density at radius 2 is 1.61 bits per heavy atom. The largest absolute Gasteiger partial charge is 0.392 e. The third-order valence-electron chi connectivity index (χ3n) is 2.62. The zero-order valence-electron chi connectivity index (χ0n) is 9.66. The van der Waals surface area contributed by atoms with E-state index >= 15 is 0 Å². The Hall–Kier alpha value is -1.22. The van der Waals surface area contributed by atoms with E-state index in [4.69, 9.17) is 28.3 Å². The van der Waals surface area contributed by atoms with Gasteiger partial charge in [0, 0.05) is 11.6 Å². The first kappa shape index (κ1) is 13.2. The fourth-order valence-electron chi connectivity index (χ4n) is 1.59. The van der Waals surface area contributed by atoms with Gasteiger partial charge in [0.2, 0.25) is 0 Å². The molecule has 4 heteroatoms. The minimum atomic E-state index is 0.0662. The van der Waals surface area contributed by atoms with Gasteiger partial charge in [0.15, 0.2) is 0 Å². The molecule has 2 nitrogen and oxygen atoms in total. The maximum atomic E-state index is 8.95. The summed E-state index contributed by atoms with van der Waals surface area (Å²) in [6.45, 7) is 0.740. The van der Waals surface area contributed by atoms with E-state index in [1.165, 1.54) is 0 Å². The number of aliphatic hydroxyl groups excluding tert-OH is 1. The fraction of sp³-hybridized carbons (Fsp3) is 0.143. The maximum absolute atomic E-state index is 8.95. The molecule has 0 spiro atoms. The molecule has 2 aromatic carbocycles. The highest BCUT2D eigenvalue weighted by molar-refractivity contribution is 6.36. The van der Waals surface area contributed by atoms with Gasteiger partial charge in [0.1, 0.15) is 0 Å². The van der Waals surface area contributed by atoms with Crippen molar-refractivity contribution in [3.63, 3.8) is 0 Å². The van der Waals surface area contributed by atoms with Gasteiger partial charge in [-0.2, -0.15) is 0 Å². The van der Waals surface area contributed by atoms with Gasteiger partial charge in [0.25, 0.3) is 0 Å². The molecule has 2 N–H and O–H groups in total. The number of anilines is 1. The lowest BCUT2D eigenvalue weighted by molar-refractivity contribution is 0.282. The van der Waals surface area contributed by atoms with Crippen molar-refractivity contribution in [1.82, 2.24) is 0 Å². The second kappa shape index (κ2) is 6.10. The van der Waals surface area contributed by atoms with Crippen molar-refractivity contribution in [3.8, 4) is 0 Å². The van der Waals surface area contributed by atoms with E-state index in [2.05, 4.69) is 5.32 Å². The lowest BCUT2D eigenvalue weighted by Gasteiger charge is -2.09. The van der Waals surface area contributed by atoms with Crippen LogP contribution in [-0.2, 0) is 13.2 Å². The summed E-state index contributed by atoms with van der Waals surface area (Å²) in [7, 11) is 0. The van der Waals surface area contributed by atoms with Crippen LogP contribution in [0.25, 0.3) is 0 Å². The molecular weight excluding hydrogens is 269 g/mol. The first-order valence-electron chi connectivity index (χ1n) is 5.56. The van der Waals surface area contributed by atoms with Crippen LogP contribution in [0.3, 0.4) is 0 Å². The minimum absolute atomic E-state index is 0.0662. The van der Waals surface area contributed by atoms with Gasteiger partial charge in [-0.05, 0) is 29.3 Å². The summed E-state index contributed by atoms with van der Waals surface area (Å²) < 4.78 is 0. The molecule has 0 fully saturated rings. The van der Waals surface area contributed by atoms with Crippen molar-refractivity contribution in [2.24, 2.45) is 0 Å². The summed E-state index contributed by atoms with van der Waals surface area (Å²) in [6.07, 6.45) is 0. The molecule has 2 rings (SSSR count). The molecule has 0 amide bonds. The number of hydrogen-bond donors (Lipinski definition) is 2. The Balaban J connectivity index is 2.02. The van der Waals surface area contributed by atoms with Gasteiger partial charge >= 0.3 is 0 Å². The lowest BCUT2D eigenvalue weighted by atomic mass is 10.1. The van der Waals surface area contributed by atoms with Crippen LogP contribution in [0.5, 0.6) is 0 Å². The number of nitrogens with one attached hydrogen (secondary N) is 1. The molecule has 18 heavy (non-hydrogen) atoms. The van der Waals surface area contributed by atoms with E-state index in [-0.39, 0.29) is 6.61 Å². The average molecular weight is 282 g/mol. The monoisotopic (exact) mass is 281 g/mol. The Labute approximate surface area is 116 Å². The summed E-state index contributed by atoms with van der Waals surface area (Å²) in [5.41, 5.74) is 2.88. The van der Waals surface area contributed by atoms with E-state index in [0.29, 0.717) is 16.6 Å². The molecule has 0 aliphatic rings. The van der Waals surface area contributed by atoms with Gasteiger partial charge in [-0.25, -0.2) is 0 Å². The van der Waals surface area contributed by atoms with E-state index < -0.39 is 0 Å². The predicted octanol–water partition coefficient (Wildman–Crippen LogP) is 4.10. The van der Waals surface area contributed by atoms with E-state index in [9.17, 15) is 0 Å². The van der Waals surface area contributed by atoms with Crippen LogP contribution in [0.1, 0.15) is 11.1 Å². The van der Waals surface area contributed by atoms with Crippen molar-refractivity contribution < 1.29 is 5.11 Å². The summed E-state index contributed by atoms with van der Waals surface area (Å²) in [5.74, 6) is 0. The van der Waals surface area contributed by atoms with Crippen molar-refractivity contribution in [1.29, 1.82) is 0 Å². The van der Waals surface area contributed by atoms with Gasteiger partial charge in [0.05, 0.1) is 17.3 Å². The first-order valence-corrected chi connectivity index (χ1v) is 6.32. The number of halogens is 2. The van der Waals surface area contributed by atoms with E-state index in [1.54, 1.807) is 12.1 Å². The Morgan fingerprint density at radius 1 is 0.944 bits per heavy atom. The average Bonchev–Trinajstić information content (AvgIpc) is 2.38. The van der Waals surface area contributed by atoms with Crippen LogP contribution in [0.2, 0.25) is 10.0 Å². The SMILES string of the molecule is OCc1ccc(CNc2ccc(Cl)cc2Cl)cc1. The van der Waals surface area contributed by atoms with Gasteiger partial charge in [-0.15, -0.1) is 0 Å².